The van der Waals surface area contributed by atoms with Gasteiger partial charge in [0.1, 0.15) is 0 Å². The van der Waals surface area contributed by atoms with E-state index in [9.17, 15) is 4.79 Å². The van der Waals surface area contributed by atoms with E-state index in [1.807, 2.05) is 0 Å². The molecule has 0 amide bonds. The molecule has 0 aliphatic heterocycles. The van der Waals surface area contributed by atoms with Crippen LogP contribution < -0.4 is 5.73 Å². The van der Waals surface area contributed by atoms with Crippen LogP contribution in [-0.2, 0) is 0 Å². The standard InChI is InChI=1S/C10H7ClN2OS/c11-6-1-2-8(12)7(3-6)10(14)9-4-13-5-15-9/h1-5H,12H2. The molecule has 0 atom stereocenters. The van der Waals surface area contributed by atoms with Crippen LogP contribution in [0.2, 0.25) is 5.02 Å². The number of hydrogen-bond acceptors (Lipinski definition) is 4. The third-order valence-electron chi connectivity index (χ3n) is 1.92. The monoisotopic (exact) mass is 238 g/mol. The first-order valence-electron chi connectivity index (χ1n) is 4.16. The minimum atomic E-state index is -0.141. The number of carbonyl (C=O) groups is 1. The van der Waals surface area contributed by atoms with Crippen molar-refractivity contribution in [2.24, 2.45) is 0 Å². The summed E-state index contributed by atoms with van der Waals surface area (Å²) in [5.74, 6) is -0.141. The van der Waals surface area contributed by atoms with E-state index < -0.39 is 0 Å². The number of thiazole rings is 1. The summed E-state index contributed by atoms with van der Waals surface area (Å²) < 4.78 is 0. The second kappa shape index (κ2) is 4.00. The molecule has 3 nitrogen and oxygen atoms in total. The van der Waals surface area contributed by atoms with E-state index in [0.29, 0.717) is 21.2 Å². The molecule has 0 saturated carbocycles. The number of aromatic nitrogens is 1. The Morgan fingerprint density at radius 2 is 2.27 bits per heavy atom. The molecule has 1 heterocycles. The predicted octanol–water partition coefficient (Wildman–Crippen LogP) is 2.61. The number of nitrogens with two attached hydrogens (primary N) is 1. The van der Waals surface area contributed by atoms with E-state index in [1.165, 1.54) is 17.5 Å². The van der Waals surface area contributed by atoms with Gasteiger partial charge in [-0.25, -0.2) is 0 Å². The van der Waals surface area contributed by atoms with Gasteiger partial charge in [-0.1, -0.05) is 11.6 Å². The van der Waals surface area contributed by atoms with Crippen molar-refractivity contribution in [1.29, 1.82) is 0 Å². The fourth-order valence-electron chi connectivity index (χ4n) is 1.19. The van der Waals surface area contributed by atoms with Crippen LogP contribution >= 0.6 is 22.9 Å². The zero-order valence-corrected chi connectivity index (χ0v) is 9.18. The molecule has 1 aromatic carbocycles. The Morgan fingerprint density at radius 3 is 2.93 bits per heavy atom. The van der Waals surface area contributed by atoms with Crippen molar-refractivity contribution in [2.45, 2.75) is 0 Å². The van der Waals surface area contributed by atoms with Crippen molar-refractivity contribution in [3.05, 3.63) is 45.4 Å². The lowest BCUT2D eigenvalue weighted by Gasteiger charge is -2.02. The predicted molar refractivity (Wildman–Crippen MR) is 61.4 cm³/mol. The minimum Gasteiger partial charge on any atom is -0.398 e. The molecule has 76 valence electrons. The Balaban J connectivity index is 2.46. The number of hydrogen-bond donors (Lipinski definition) is 1. The van der Waals surface area contributed by atoms with Crippen molar-refractivity contribution in [2.75, 3.05) is 5.73 Å². The fourth-order valence-corrected chi connectivity index (χ4v) is 1.93. The van der Waals surface area contributed by atoms with Gasteiger partial charge in [-0.15, -0.1) is 11.3 Å². The smallest absolute Gasteiger partial charge is 0.206 e. The summed E-state index contributed by atoms with van der Waals surface area (Å²) in [5.41, 5.74) is 8.16. The topological polar surface area (TPSA) is 56.0 Å². The fraction of sp³-hybridized carbons (Fsp3) is 0. The quantitative estimate of drug-likeness (QED) is 0.646. The maximum atomic E-state index is 11.9. The van der Waals surface area contributed by atoms with Crippen LogP contribution in [-0.4, -0.2) is 10.8 Å². The SMILES string of the molecule is Nc1ccc(Cl)cc1C(=O)c1cncs1. The minimum absolute atomic E-state index is 0.141. The third kappa shape index (κ3) is 2.00. The van der Waals surface area contributed by atoms with Gasteiger partial charge in [0.05, 0.1) is 10.4 Å². The first-order valence-corrected chi connectivity index (χ1v) is 5.42. The van der Waals surface area contributed by atoms with Crippen molar-refractivity contribution in [3.8, 4) is 0 Å². The average Bonchev–Trinajstić information content (AvgIpc) is 2.74. The van der Waals surface area contributed by atoms with Crippen molar-refractivity contribution < 1.29 is 4.79 Å². The average molecular weight is 239 g/mol. The summed E-state index contributed by atoms with van der Waals surface area (Å²) in [6.07, 6.45) is 1.52. The molecule has 0 fully saturated rings. The van der Waals surface area contributed by atoms with Crippen LogP contribution in [0.1, 0.15) is 15.2 Å². The molecule has 0 saturated heterocycles. The van der Waals surface area contributed by atoms with Crippen LogP contribution in [0, 0.1) is 0 Å². The number of nitrogens with zero attached hydrogens (tertiary/aromatic N) is 1. The molecule has 2 aromatic rings. The molecule has 15 heavy (non-hydrogen) atoms. The zero-order chi connectivity index (χ0) is 10.8. The van der Waals surface area contributed by atoms with Gasteiger partial charge < -0.3 is 5.73 Å². The normalized spacial score (nSPS) is 10.2. The summed E-state index contributed by atoms with van der Waals surface area (Å²) in [4.78, 5) is 16.3. The summed E-state index contributed by atoms with van der Waals surface area (Å²) in [6, 6.07) is 4.84. The molecule has 0 spiro atoms. The van der Waals surface area contributed by atoms with Crippen LogP contribution in [0.4, 0.5) is 5.69 Å². The summed E-state index contributed by atoms with van der Waals surface area (Å²) in [5, 5.41) is 0.497. The van der Waals surface area contributed by atoms with Gasteiger partial charge in [0.25, 0.3) is 0 Å². The summed E-state index contributed by atoms with van der Waals surface area (Å²) >= 11 is 7.08. The molecule has 0 radical (unpaired) electrons. The number of halogens is 1. The lowest BCUT2D eigenvalue weighted by molar-refractivity contribution is 0.104. The molecule has 5 heteroatoms. The molecule has 0 aliphatic rings. The van der Waals surface area contributed by atoms with E-state index in [2.05, 4.69) is 4.98 Å². The highest BCUT2D eigenvalue weighted by Gasteiger charge is 2.13. The maximum Gasteiger partial charge on any atom is 0.206 e. The third-order valence-corrected chi connectivity index (χ3v) is 2.92. The molecule has 2 N–H and O–H groups in total. The maximum absolute atomic E-state index is 11.9. The second-order valence-electron chi connectivity index (χ2n) is 2.93. The largest absolute Gasteiger partial charge is 0.398 e. The van der Waals surface area contributed by atoms with Gasteiger partial charge >= 0.3 is 0 Å². The Kier molecular flexibility index (Phi) is 2.70. The Morgan fingerprint density at radius 1 is 1.47 bits per heavy atom. The van der Waals surface area contributed by atoms with Gasteiger partial charge in [0.15, 0.2) is 0 Å². The molecule has 0 unspecified atom stereocenters. The highest BCUT2D eigenvalue weighted by molar-refractivity contribution is 7.11. The Hall–Kier alpha value is -1.39. The van der Waals surface area contributed by atoms with E-state index in [4.69, 9.17) is 17.3 Å². The molecule has 1 aromatic heterocycles. The Labute approximate surface area is 95.5 Å². The van der Waals surface area contributed by atoms with Crippen molar-refractivity contribution >= 4 is 34.4 Å². The van der Waals surface area contributed by atoms with Crippen molar-refractivity contribution in [3.63, 3.8) is 0 Å². The van der Waals surface area contributed by atoms with E-state index in [-0.39, 0.29) is 5.78 Å². The van der Waals surface area contributed by atoms with E-state index >= 15 is 0 Å². The number of ketones is 1. The number of benzene rings is 1. The first kappa shape index (κ1) is 10.1. The van der Waals surface area contributed by atoms with E-state index in [1.54, 1.807) is 23.7 Å². The van der Waals surface area contributed by atoms with Crippen LogP contribution in [0.15, 0.2) is 29.9 Å². The molecule has 2 rings (SSSR count). The zero-order valence-electron chi connectivity index (χ0n) is 7.61. The summed E-state index contributed by atoms with van der Waals surface area (Å²) in [7, 11) is 0. The number of anilines is 1. The van der Waals surface area contributed by atoms with Gasteiger partial charge in [-0.05, 0) is 18.2 Å². The molecular formula is C10H7ClN2OS. The van der Waals surface area contributed by atoms with Gasteiger partial charge in [0, 0.05) is 22.5 Å². The lowest BCUT2D eigenvalue weighted by Crippen LogP contribution is -2.03. The molecule has 0 bridgehead atoms. The Bertz CT molecular complexity index is 496. The molecular weight excluding hydrogens is 232 g/mol. The second-order valence-corrected chi connectivity index (χ2v) is 4.25. The van der Waals surface area contributed by atoms with Crippen LogP contribution in [0.25, 0.3) is 0 Å². The number of rotatable bonds is 2. The van der Waals surface area contributed by atoms with Crippen LogP contribution in [0.5, 0.6) is 0 Å². The highest BCUT2D eigenvalue weighted by Crippen LogP contribution is 2.22. The summed E-state index contributed by atoms with van der Waals surface area (Å²) in [6.45, 7) is 0. The number of nitrogen functional groups attached to an aromatic ring is 1. The van der Waals surface area contributed by atoms with Crippen LogP contribution in [0.3, 0.4) is 0 Å². The lowest BCUT2D eigenvalue weighted by atomic mass is 10.1. The van der Waals surface area contributed by atoms with Gasteiger partial charge in [-0.3, -0.25) is 9.78 Å². The first-order chi connectivity index (χ1) is 7.18. The van der Waals surface area contributed by atoms with Crippen molar-refractivity contribution in [1.82, 2.24) is 4.98 Å². The highest BCUT2D eigenvalue weighted by atomic mass is 35.5. The van der Waals surface area contributed by atoms with E-state index in [0.717, 1.165) is 0 Å². The van der Waals surface area contributed by atoms with Gasteiger partial charge in [-0.2, -0.15) is 0 Å². The molecule has 0 aliphatic carbocycles. The van der Waals surface area contributed by atoms with Gasteiger partial charge in [0.2, 0.25) is 5.78 Å². The number of carbonyl (C=O) groups excluding carboxylic acids is 1.